The first kappa shape index (κ1) is 10.4. The molecule has 0 atom stereocenters. The summed E-state index contributed by atoms with van der Waals surface area (Å²) in [5, 5.41) is 8.31. The third-order valence-corrected chi connectivity index (χ3v) is 1.33. The number of pyridine rings is 1. The van der Waals surface area contributed by atoms with E-state index in [0.29, 0.717) is 12.1 Å². The normalized spacial score (nSPS) is 11.4. The Bertz CT molecular complexity index is 374. The molecule has 1 heterocycles. The molecule has 76 valence electrons. The first-order valence-corrected chi connectivity index (χ1v) is 3.29. The second-order valence-corrected chi connectivity index (χ2v) is 2.33. The molecule has 0 aromatic carbocycles. The molecule has 7 heteroatoms. The highest BCUT2D eigenvalue weighted by atomic mass is 19.4. The molecule has 0 unspecified atom stereocenters. The SMILES string of the molecule is O=C(O)c1ccc(F)c(C(F)(F)F)n1. The topological polar surface area (TPSA) is 50.2 Å². The van der Waals surface area contributed by atoms with Crippen LogP contribution >= 0.6 is 0 Å². The zero-order valence-electron chi connectivity index (χ0n) is 6.47. The Morgan fingerprint density at radius 1 is 1.36 bits per heavy atom. The van der Waals surface area contributed by atoms with E-state index in [1.165, 1.54) is 0 Å². The Morgan fingerprint density at radius 3 is 2.36 bits per heavy atom. The number of carbonyl (C=O) groups is 1. The van der Waals surface area contributed by atoms with Crippen molar-refractivity contribution in [2.45, 2.75) is 6.18 Å². The first-order chi connectivity index (χ1) is 6.32. The van der Waals surface area contributed by atoms with Crippen LogP contribution in [0, 0.1) is 5.82 Å². The fourth-order valence-corrected chi connectivity index (χ4v) is 0.760. The van der Waals surface area contributed by atoms with Crippen LogP contribution in [0.2, 0.25) is 0 Å². The van der Waals surface area contributed by atoms with Gasteiger partial charge >= 0.3 is 12.1 Å². The van der Waals surface area contributed by atoms with E-state index in [9.17, 15) is 22.4 Å². The van der Waals surface area contributed by atoms with Gasteiger partial charge in [0.25, 0.3) is 0 Å². The quantitative estimate of drug-likeness (QED) is 0.719. The van der Waals surface area contributed by atoms with Gasteiger partial charge in [-0.1, -0.05) is 0 Å². The maximum Gasteiger partial charge on any atom is 0.436 e. The molecule has 0 bridgehead atoms. The maximum absolute atomic E-state index is 12.6. The molecule has 0 radical (unpaired) electrons. The molecule has 0 aliphatic carbocycles. The number of hydrogen-bond acceptors (Lipinski definition) is 2. The van der Waals surface area contributed by atoms with Gasteiger partial charge < -0.3 is 5.11 Å². The summed E-state index contributed by atoms with van der Waals surface area (Å²) in [7, 11) is 0. The second-order valence-electron chi connectivity index (χ2n) is 2.33. The molecule has 3 nitrogen and oxygen atoms in total. The van der Waals surface area contributed by atoms with Crippen LogP contribution in [0.3, 0.4) is 0 Å². The fraction of sp³-hybridized carbons (Fsp3) is 0.143. The van der Waals surface area contributed by atoms with Gasteiger partial charge in [-0.05, 0) is 12.1 Å². The van der Waals surface area contributed by atoms with Crippen LogP contribution in [-0.4, -0.2) is 16.1 Å². The molecule has 1 aromatic rings. The molecule has 0 saturated heterocycles. The van der Waals surface area contributed by atoms with Crippen LogP contribution in [0.4, 0.5) is 17.6 Å². The molecule has 0 spiro atoms. The molecule has 0 aliphatic heterocycles. The van der Waals surface area contributed by atoms with E-state index in [4.69, 9.17) is 5.11 Å². The van der Waals surface area contributed by atoms with Gasteiger partial charge in [0, 0.05) is 0 Å². The zero-order chi connectivity index (χ0) is 10.9. The van der Waals surface area contributed by atoms with Gasteiger partial charge in [-0.25, -0.2) is 14.2 Å². The number of alkyl halides is 3. The lowest BCUT2D eigenvalue weighted by atomic mass is 10.3. The average molecular weight is 209 g/mol. The lowest BCUT2D eigenvalue weighted by Gasteiger charge is -2.06. The molecule has 0 aliphatic rings. The lowest BCUT2D eigenvalue weighted by molar-refractivity contribution is -0.143. The van der Waals surface area contributed by atoms with Crippen LogP contribution in [0.25, 0.3) is 0 Å². The number of halogens is 4. The summed E-state index contributed by atoms with van der Waals surface area (Å²) in [6, 6.07) is 1.08. The molecule has 1 aromatic heterocycles. The van der Waals surface area contributed by atoms with Crippen molar-refractivity contribution in [3.05, 3.63) is 29.3 Å². The van der Waals surface area contributed by atoms with Crippen LogP contribution in [0.1, 0.15) is 16.2 Å². The van der Waals surface area contributed by atoms with Gasteiger partial charge in [-0.15, -0.1) is 0 Å². The van der Waals surface area contributed by atoms with Crippen LogP contribution in [0.15, 0.2) is 12.1 Å². The molecular weight excluding hydrogens is 206 g/mol. The Hall–Kier alpha value is -1.66. The minimum atomic E-state index is -4.99. The molecule has 1 N–H and O–H groups in total. The van der Waals surface area contributed by atoms with Crippen molar-refractivity contribution in [3.8, 4) is 0 Å². The van der Waals surface area contributed by atoms with Crippen molar-refractivity contribution in [1.82, 2.24) is 4.98 Å². The van der Waals surface area contributed by atoms with Crippen molar-refractivity contribution < 1.29 is 27.5 Å². The number of hydrogen-bond donors (Lipinski definition) is 1. The van der Waals surface area contributed by atoms with Crippen molar-refractivity contribution in [1.29, 1.82) is 0 Å². The summed E-state index contributed by atoms with van der Waals surface area (Å²) in [6.45, 7) is 0. The van der Waals surface area contributed by atoms with Crippen molar-refractivity contribution in [3.63, 3.8) is 0 Å². The van der Waals surface area contributed by atoms with Crippen molar-refractivity contribution >= 4 is 5.97 Å². The van der Waals surface area contributed by atoms with Crippen LogP contribution < -0.4 is 0 Å². The predicted molar refractivity (Wildman–Crippen MR) is 36.2 cm³/mol. The van der Waals surface area contributed by atoms with E-state index in [-0.39, 0.29) is 0 Å². The number of aromatic carboxylic acids is 1. The monoisotopic (exact) mass is 209 g/mol. The van der Waals surface area contributed by atoms with Crippen LogP contribution in [-0.2, 0) is 6.18 Å². The van der Waals surface area contributed by atoms with E-state index in [2.05, 4.69) is 4.98 Å². The minimum absolute atomic E-state index is 0.416. The maximum atomic E-state index is 12.6. The van der Waals surface area contributed by atoms with E-state index in [1.54, 1.807) is 0 Å². The summed E-state index contributed by atoms with van der Waals surface area (Å²) in [5.74, 6) is -3.24. The third-order valence-electron chi connectivity index (χ3n) is 1.33. The Labute approximate surface area is 75.0 Å². The van der Waals surface area contributed by atoms with E-state index >= 15 is 0 Å². The van der Waals surface area contributed by atoms with Crippen LogP contribution in [0.5, 0.6) is 0 Å². The minimum Gasteiger partial charge on any atom is -0.477 e. The molecule has 0 saturated carbocycles. The summed E-state index contributed by atoms with van der Waals surface area (Å²) < 4.78 is 48.5. The highest BCUT2D eigenvalue weighted by Crippen LogP contribution is 2.29. The first-order valence-electron chi connectivity index (χ1n) is 3.29. The highest BCUT2D eigenvalue weighted by Gasteiger charge is 2.36. The van der Waals surface area contributed by atoms with Crippen molar-refractivity contribution in [2.24, 2.45) is 0 Å². The van der Waals surface area contributed by atoms with E-state index in [1.807, 2.05) is 0 Å². The molecular formula is C7H3F4NO2. The third kappa shape index (κ3) is 1.98. The summed E-state index contributed by atoms with van der Waals surface area (Å²) in [4.78, 5) is 12.9. The van der Waals surface area contributed by atoms with Crippen molar-refractivity contribution in [2.75, 3.05) is 0 Å². The van der Waals surface area contributed by atoms with E-state index < -0.39 is 29.4 Å². The Kier molecular flexibility index (Phi) is 2.41. The van der Waals surface area contributed by atoms with Gasteiger partial charge in [-0.3, -0.25) is 0 Å². The van der Waals surface area contributed by atoms with Gasteiger partial charge in [0.15, 0.2) is 11.5 Å². The molecule has 0 amide bonds. The summed E-state index contributed by atoms with van der Waals surface area (Å²) in [6.07, 6.45) is -4.99. The zero-order valence-corrected chi connectivity index (χ0v) is 6.47. The molecule has 1 rings (SSSR count). The number of nitrogens with zero attached hydrogens (tertiary/aromatic N) is 1. The standard InChI is InChI=1S/C7H3F4NO2/c8-3-1-2-4(6(13)14)12-5(3)7(9,10)11/h1-2H,(H,13,14). The van der Waals surface area contributed by atoms with Gasteiger partial charge in [0.1, 0.15) is 5.69 Å². The van der Waals surface area contributed by atoms with Gasteiger partial charge in [-0.2, -0.15) is 13.2 Å². The number of carboxylic acids is 1. The number of aromatic nitrogens is 1. The number of carboxylic acid groups (broad SMARTS) is 1. The smallest absolute Gasteiger partial charge is 0.436 e. The number of rotatable bonds is 1. The van der Waals surface area contributed by atoms with E-state index in [0.717, 1.165) is 0 Å². The highest BCUT2D eigenvalue weighted by molar-refractivity contribution is 5.85. The predicted octanol–water partition coefficient (Wildman–Crippen LogP) is 1.94. The molecule has 0 fully saturated rings. The lowest BCUT2D eigenvalue weighted by Crippen LogP contribution is -2.14. The summed E-state index contributed by atoms with van der Waals surface area (Å²) in [5.41, 5.74) is -2.67. The van der Waals surface area contributed by atoms with Gasteiger partial charge in [0.2, 0.25) is 0 Å². The largest absolute Gasteiger partial charge is 0.477 e. The average Bonchev–Trinajstić information content (AvgIpc) is 2.02. The Balaban J connectivity index is 3.29. The Morgan fingerprint density at radius 2 is 1.93 bits per heavy atom. The van der Waals surface area contributed by atoms with Gasteiger partial charge in [0.05, 0.1) is 0 Å². The second kappa shape index (κ2) is 3.24. The molecule has 14 heavy (non-hydrogen) atoms. The fourth-order valence-electron chi connectivity index (χ4n) is 0.760. The summed E-state index contributed by atoms with van der Waals surface area (Å²) >= 11 is 0.